The molecule has 0 radical (unpaired) electrons. The van der Waals surface area contributed by atoms with Crippen molar-refractivity contribution in [3.05, 3.63) is 29.3 Å². The standard InChI is InChI=1S/C17H26N2O2/c1-2-21-17(10-3-4-11-17)16(19-18)14-9-5-7-13-8-6-12-20-15(13)14/h5,7,9,16,19H,2-4,6,8,10-12,18H2,1H3. The average molecular weight is 290 g/mol. The van der Waals surface area contributed by atoms with E-state index in [2.05, 4.69) is 30.5 Å². The van der Waals surface area contributed by atoms with Gasteiger partial charge in [0.05, 0.1) is 18.2 Å². The second-order valence-corrected chi connectivity index (χ2v) is 6.09. The lowest BCUT2D eigenvalue weighted by Gasteiger charge is -2.38. The summed E-state index contributed by atoms with van der Waals surface area (Å²) in [7, 11) is 0. The van der Waals surface area contributed by atoms with Crippen LogP contribution in [0.1, 0.15) is 56.2 Å². The highest BCUT2D eigenvalue weighted by molar-refractivity contribution is 5.45. The van der Waals surface area contributed by atoms with Crippen molar-refractivity contribution in [1.82, 2.24) is 5.43 Å². The Morgan fingerprint density at radius 3 is 2.86 bits per heavy atom. The van der Waals surface area contributed by atoms with Crippen molar-refractivity contribution in [3.63, 3.8) is 0 Å². The Bertz CT molecular complexity index is 484. The van der Waals surface area contributed by atoms with Gasteiger partial charge in [0.15, 0.2) is 0 Å². The molecule has 116 valence electrons. The molecule has 1 heterocycles. The molecule has 3 N–H and O–H groups in total. The van der Waals surface area contributed by atoms with E-state index in [1.807, 2.05) is 0 Å². The van der Waals surface area contributed by atoms with Crippen LogP contribution in [0.2, 0.25) is 0 Å². The molecule has 1 aliphatic carbocycles. The van der Waals surface area contributed by atoms with Crippen LogP contribution in [-0.4, -0.2) is 18.8 Å². The molecule has 3 rings (SSSR count). The maximum Gasteiger partial charge on any atom is 0.127 e. The summed E-state index contributed by atoms with van der Waals surface area (Å²) in [5.74, 6) is 6.97. The Hall–Kier alpha value is -1.10. The van der Waals surface area contributed by atoms with Gasteiger partial charge < -0.3 is 9.47 Å². The maximum atomic E-state index is 6.19. The number of hydrogen-bond donors (Lipinski definition) is 2. The summed E-state index contributed by atoms with van der Waals surface area (Å²) in [5.41, 5.74) is 5.29. The van der Waals surface area contributed by atoms with Crippen LogP contribution < -0.4 is 16.0 Å². The first-order valence-electron chi connectivity index (χ1n) is 8.15. The number of hydrazine groups is 1. The number of nitrogens with one attached hydrogen (secondary N) is 1. The molecule has 1 fully saturated rings. The van der Waals surface area contributed by atoms with Crippen LogP contribution in [0.3, 0.4) is 0 Å². The van der Waals surface area contributed by atoms with E-state index in [1.165, 1.54) is 18.4 Å². The van der Waals surface area contributed by atoms with Crippen molar-refractivity contribution in [2.24, 2.45) is 5.84 Å². The molecule has 0 saturated heterocycles. The van der Waals surface area contributed by atoms with Gasteiger partial charge in [0, 0.05) is 12.2 Å². The van der Waals surface area contributed by atoms with Crippen LogP contribution in [0.15, 0.2) is 18.2 Å². The quantitative estimate of drug-likeness (QED) is 0.647. The van der Waals surface area contributed by atoms with Gasteiger partial charge in [-0.3, -0.25) is 5.84 Å². The smallest absolute Gasteiger partial charge is 0.127 e. The molecule has 0 spiro atoms. The van der Waals surface area contributed by atoms with Gasteiger partial charge in [0.2, 0.25) is 0 Å². The molecular formula is C17H26N2O2. The van der Waals surface area contributed by atoms with E-state index in [9.17, 15) is 0 Å². The largest absolute Gasteiger partial charge is 0.493 e. The number of para-hydroxylation sites is 1. The summed E-state index contributed by atoms with van der Waals surface area (Å²) >= 11 is 0. The van der Waals surface area contributed by atoms with Gasteiger partial charge in [0.25, 0.3) is 0 Å². The Balaban J connectivity index is 1.99. The topological polar surface area (TPSA) is 56.5 Å². The molecule has 1 unspecified atom stereocenters. The first-order chi connectivity index (χ1) is 10.3. The number of nitrogens with two attached hydrogens (primary N) is 1. The molecule has 1 aromatic carbocycles. The van der Waals surface area contributed by atoms with Gasteiger partial charge in [-0.1, -0.05) is 31.0 Å². The molecule has 1 atom stereocenters. The minimum absolute atomic E-state index is 0.00648. The summed E-state index contributed by atoms with van der Waals surface area (Å²) < 4.78 is 12.2. The Labute approximate surface area is 127 Å². The van der Waals surface area contributed by atoms with E-state index in [0.717, 1.165) is 43.6 Å². The third-order valence-corrected chi connectivity index (χ3v) is 4.85. The minimum Gasteiger partial charge on any atom is -0.493 e. The Morgan fingerprint density at radius 1 is 1.33 bits per heavy atom. The lowest BCUT2D eigenvalue weighted by atomic mass is 9.85. The van der Waals surface area contributed by atoms with Crippen molar-refractivity contribution in [3.8, 4) is 5.75 Å². The van der Waals surface area contributed by atoms with Crippen LogP contribution in [0.4, 0.5) is 0 Å². The van der Waals surface area contributed by atoms with Crippen molar-refractivity contribution in [2.45, 2.75) is 57.1 Å². The normalized spacial score (nSPS) is 21.6. The van der Waals surface area contributed by atoms with Crippen LogP contribution in [-0.2, 0) is 11.2 Å². The Kier molecular flexibility index (Phi) is 4.48. The molecule has 2 aliphatic rings. The lowest BCUT2D eigenvalue weighted by Crippen LogP contribution is -2.47. The zero-order chi connectivity index (χ0) is 14.7. The molecule has 1 saturated carbocycles. The van der Waals surface area contributed by atoms with Gasteiger partial charge >= 0.3 is 0 Å². The number of benzene rings is 1. The number of fused-ring (bicyclic) bond motifs is 1. The van der Waals surface area contributed by atoms with Crippen LogP contribution in [0.25, 0.3) is 0 Å². The molecule has 1 aromatic rings. The zero-order valence-corrected chi connectivity index (χ0v) is 12.9. The monoisotopic (exact) mass is 290 g/mol. The number of aryl methyl sites for hydroxylation is 1. The van der Waals surface area contributed by atoms with E-state index >= 15 is 0 Å². The van der Waals surface area contributed by atoms with E-state index in [0.29, 0.717) is 6.61 Å². The SMILES string of the molecule is CCOC1(C(NN)c2cccc3c2OCCC3)CCCC1. The van der Waals surface area contributed by atoms with E-state index in [4.69, 9.17) is 15.3 Å². The van der Waals surface area contributed by atoms with Crippen molar-refractivity contribution >= 4 is 0 Å². The second-order valence-electron chi connectivity index (χ2n) is 6.09. The van der Waals surface area contributed by atoms with Crippen molar-refractivity contribution < 1.29 is 9.47 Å². The first-order valence-corrected chi connectivity index (χ1v) is 8.15. The van der Waals surface area contributed by atoms with Crippen LogP contribution >= 0.6 is 0 Å². The summed E-state index contributed by atoms with van der Waals surface area (Å²) in [6.07, 6.45) is 6.69. The molecular weight excluding hydrogens is 264 g/mol. The molecule has 0 amide bonds. The number of hydrogen-bond acceptors (Lipinski definition) is 4. The summed E-state index contributed by atoms with van der Waals surface area (Å²) in [6.45, 7) is 3.57. The summed E-state index contributed by atoms with van der Waals surface area (Å²) in [6, 6.07) is 6.40. The second kappa shape index (κ2) is 6.34. The minimum atomic E-state index is -0.195. The van der Waals surface area contributed by atoms with Crippen LogP contribution in [0, 0.1) is 0 Å². The fraction of sp³-hybridized carbons (Fsp3) is 0.647. The van der Waals surface area contributed by atoms with Crippen LogP contribution in [0.5, 0.6) is 5.75 Å². The molecule has 1 aliphatic heterocycles. The number of ether oxygens (including phenoxy) is 2. The first kappa shape index (κ1) is 14.8. The molecule has 4 nitrogen and oxygen atoms in total. The van der Waals surface area contributed by atoms with E-state index in [-0.39, 0.29) is 11.6 Å². The van der Waals surface area contributed by atoms with Gasteiger partial charge in [-0.15, -0.1) is 0 Å². The molecule has 0 aromatic heterocycles. The van der Waals surface area contributed by atoms with Gasteiger partial charge in [0.1, 0.15) is 5.75 Å². The summed E-state index contributed by atoms with van der Waals surface area (Å²) in [4.78, 5) is 0. The van der Waals surface area contributed by atoms with Gasteiger partial charge in [-0.25, -0.2) is 5.43 Å². The average Bonchev–Trinajstić information content (AvgIpc) is 2.98. The molecule has 4 heteroatoms. The Morgan fingerprint density at radius 2 is 2.14 bits per heavy atom. The fourth-order valence-electron chi connectivity index (χ4n) is 3.94. The number of rotatable bonds is 5. The molecule has 21 heavy (non-hydrogen) atoms. The van der Waals surface area contributed by atoms with E-state index < -0.39 is 0 Å². The predicted molar refractivity (Wildman–Crippen MR) is 83.1 cm³/mol. The zero-order valence-electron chi connectivity index (χ0n) is 12.9. The molecule has 0 bridgehead atoms. The third kappa shape index (κ3) is 2.68. The maximum absolute atomic E-state index is 6.19. The highest BCUT2D eigenvalue weighted by atomic mass is 16.5. The van der Waals surface area contributed by atoms with Crippen molar-refractivity contribution in [2.75, 3.05) is 13.2 Å². The van der Waals surface area contributed by atoms with Crippen molar-refractivity contribution in [1.29, 1.82) is 0 Å². The van der Waals surface area contributed by atoms with Gasteiger partial charge in [-0.05, 0) is 38.2 Å². The third-order valence-electron chi connectivity index (χ3n) is 4.85. The van der Waals surface area contributed by atoms with Gasteiger partial charge in [-0.2, -0.15) is 0 Å². The fourth-order valence-corrected chi connectivity index (χ4v) is 3.94. The summed E-state index contributed by atoms with van der Waals surface area (Å²) in [5, 5.41) is 0. The van der Waals surface area contributed by atoms with E-state index in [1.54, 1.807) is 0 Å². The predicted octanol–water partition coefficient (Wildman–Crippen LogP) is 2.87. The highest BCUT2D eigenvalue weighted by Gasteiger charge is 2.44. The lowest BCUT2D eigenvalue weighted by molar-refractivity contribution is -0.0632. The highest BCUT2D eigenvalue weighted by Crippen LogP contribution is 2.46.